The first kappa shape index (κ1) is 13.9. The van der Waals surface area contributed by atoms with Gasteiger partial charge in [-0.05, 0) is 19.1 Å². The Morgan fingerprint density at radius 2 is 2.14 bits per heavy atom. The molecule has 6 nitrogen and oxygen atoms in total. The Morgan fingerprint density at radius 1 is 1.33 bits per heavy atom. The largest absolute Gasteiger partial charge is 0.494 e. The van der Waals surface area contributed by atoms with Crippen LogP contribution >= 0.6 is 0 Å². The Bertz CT molecular complexity index is 617. The van der Waals surface area contributed by atoms with Gasteiger partial charge >= 0.3 is 0 Å². The van der Waals surface area contributed by atoms with Crippen molar-refractivity contribution in [1.29, 1.82) is 0 Å². The summed E-state index contributed by atoms with van der Waals surface area (Å²) in [6.07, 6.45) is 0.924. The standard InChI is InChI=1S/C15H20N4O2/c1-2-21-12-3-4-13-14(9-12)17-15(16-13)10-18-5-7-19(11-20)8-6-18/h3-4,9,11H,2,5-8,10H2,1H3,(H,16,17). The van der Waals surface area contributed by atoms with Gasteiger partial charge in [-0.25, -0.2) is 4.98 Å². The number of hydrogen-bond donors (Lipinski definition) is 1. The highest BCUT2D eigenvalue weighted by atomic mass is 16.5. The van der Waals surface area contributed by atoms with E-state index in [1.54, 1.807) is 0 Å². The van der Waals surface area contributed by atoms with Gasteiger partial charge in [0.1, 0.15) is 11.6 Å². The third-order valence-electron chi connectivity index (χ3n) is 3.74. The summed E-state index contributed by atoms with van der Waals surface area (Å²) in [5.41, 5.74) is 1.96. The molecule has 0 saturated carbocycles. The fourth-order valence-electron chi connectivity index (χ4n) is 2.61. The van der Waals surface area contributed by atoms with Gasteiger partial charge in [0.15, 0.2) is 0 Å². The van der Waals surface area contributed by atoms with Gasteiger partial charge in [0.05, 0.1) is 24.2 Å². The quantitative estimate of drug-likeness (QED) is 0.841. The minimum atomic E-state index is 0.660. The van der Waals surface area contributed by atoms with E-state index in [0.29, 0.717) is 6.61 Å². The third-order valence-corrected chi connectivity index (χ3v) is 3.74. The summed E-state index contributed by atoms with van der Waals surface area (Å²) in [5.74, 6) is 1.82. The number of imidazole rings is 1. The predicted molar refractivity (Wildman–Crippen MR) is 80.2 cm³/mol. The van der Waals surface area contributed by atoms with Crippen molar-refractivity contribution in [2.75, 3.05) is 32.8 Å². The molecule has 1 amide bonds. The molecule has 1 aromatic carbocycles. The van der Waals surface area contributed by atoms with Crippen molar-refractivity contribution in [3.05, 3.63) is 24.0 Å². The van der Waals surface area contributed by atoms with Crippen LogP contribution in [0.4, 0.5) is 0 Å². The predicted octanol–water partition coefficient (Wildman–Crippen LogP) is 1.24. The van der Waals surface area contributed by atoms with E-state index in [1.165, 1.54) is 0 Å². The number of nitrogens with one attached hydrogen (secondary N) is 1. The third kappa shape index (κ3) is 3.16. The van der Waals surface area contributed by atoms with E-state index in [2.05, 4.69) is 14.9 Å². The van der Waals surface area contributed by atoms with Crippen LogP contribution in [0.15, 0.2) is 18.2 Å². The molecule has 21 heavy (non-hydrogen) atoms. The minimum absolute atomic E-state index is 0.660. The number of H-pyrrole nitrogens is 1. The molecule has 112 valence electrons. The van der Waals surface area contributed by atoms with Crippen LogP contribution in [0.25, 0.3) is 11.0 Å². The zero-order valence-corrected chi connectivity index (χ0v) is 12.2. The Labute approximate surface area is 123 Å². The zero-order chi connectivity index (χ0) is 14.7. The first-order valence-electron chi connectivity index (χ1n) is 7.31. The van der Waals surface area contributed by atoms with Crippen LogP contribution in [-0.2, 0) is 11.3 Å². The molecular formula is C15H20N4O2. The van der Waals surface area contributed by atoms with Crippen LogP contribution in [0.5, 0.6) is 5.75 Å². The fraction of sp³-hybridized carbons (Fsp3) is 0.467. The summed E-state index contributed by atoms with van der Waals surface area (Å²) in [6.45, 7) is 6.77. The average Bonchev–Trinajstić information content (AvgIpc) is 2.90. The molecule has 0 spiro atoms. The van der Waals surface area contributed by atoms with Gasteiger partial charge in [-0.3, -0.25) is 9.69 Å². The van der Waals surface area contributed by atoms with Gasteiger partial charge in [-0.15, -0.1) is 0 Å². The number of aromatic nitrogens is 2. The average molecular weight is 288 g/mol. The monoisotopic (exact) mass is 288 g/mol. The van der Waals surface area contributed by atoms with Crippen LogP contribution < -0.4 is 4.74 Å². The topological polar surface area (TPSA) is 61.5 Å². The lowest BCUT2D eigenvalue weighted by atomic mass is 10.3. The van der Waals surface area contributed by atoms with Crippen LogP contribution in [0.3, 0.4) is 0 Å². The van der Waals surface area contributed by atoms with Gasteiger partial charge in [-0.2, -0.15) is 0 Å². The molecule has 1 saturated heterocycles. The molecule has 1 aliphatic rings. The number of nitrogens with zero attached hydrogens (tertiary/aromatic N) is 3. The summed E-state index contributed by atoms with van der Waals surface area (Å²) >= 11 is 0. The van der Waals surface area contributed by atoms with Crippen molar-refractivity contribution in [2.45, 2.75) is 13.5 Å². The molecule has 0 atom stereocenters. The molecule has 3 rings (SSSR count). The van der Waals surface area contributed by atoms with Crippen molar-refractivity contribution in [3.8, 4) is 5.75 Å². The maximum Gasteiger partial charge on any atom is 0.209 e. The van der Waals surface area contributed by atoms with E-state index in [4.69, 9.17) is 4.74 Å². The summed E-state index contributed by atoms with van der Waals surface area (Å²) in [7, 11) is 0. The molecule has 2 aromatic rings. The summed E-state index contributed by atoms with van der Waals surface area (Å²) in [4.78, 5) is 22.8. The second-order valence-corrected chi connectivity index (χ2v) is 5.21. The van der Waals surface area contributed by atoms with Gasteiger partial charge in [0.2, 0.25) is 6.41 Å². The molecule has 1 N–H and O–H groups in total. The summed E-state index contributed by atoms with van der Waals surface area (Å²) in [6, 6.07) is 5.91. The first-order chi connectivity index (χ1) is 10.3. The van der Waals surface area contributed by atoms with E-state index in [1.807, 2.05) is 30.0 Å². The zero-order valence-electron chi connectivity index (χ0n) is 12.2. The number of ether oxygens (including phenoxy) is 1. The lowest BCUT2D eigenvalue weighted by Gasteiger charge is -2.31. The molecule has 1 aliphatic heterocycles. The van der Waals surface area contributed by atoms with E-state index in [-0.39, 0.29) is 0 Å². The molecular weight excluding hydrogens is 268 g/mol. The Kier molecular flexibility index (Phi) is 4.06. The number of aromatic amines is 1. The molecule has 0 unspecified atom stereocenters. The minimum Gasteiger partial charge on any atom is -0.494 e. The molecule has 0 radical (unpaired) electrons. The molecule has 2 heterocycles. The number of hydrogen-bond acceptors (Lipinski definition) is 4. The maximum atomic E-state index is 10.7. The summed E-state index contributed by atoms with van der Waals surface area (Å²) in [5, 5.41) is 0. The number of benzene rings is 1. The van der Waals surface area contributed by atoms with Gasteiger partial charge in [0, 0.05) is 32.2 Å². The van der Waals surface area contributed by atoms with Gasteiger partial charge in [-0.1, -0.05) is 0 Å². The van der Waals surface area contributed by atoms with Crippen molar-refractivity contribution < 1.29 is 9.53 Å². The Balaban J connectivity index is 1.68. The van der Waals surface area contributed by atoms with Crippen molar-refractivity contribution in [3.63, 3.8) is 0 Å². The number of rotatable bonds is 5. The SMILES string of the molecule is CCOc1ccc2nc(CN3CCN(C=O)CC3)[nH]c2c1. The highest BCUT2D eigenvalue weighted by molar-refractivity contribution is 5.76. The van der Waals surface area contributed by atoms with Crippen molar-refractivity contribution in [1.82, 2.24) is 19.8 Å². The number of piperazine rings is 1. The normalized spacial score (nSPS) is 16.3. The van der Waals surface area contributed by atoms with E-state index in [9.17, 15) is 4.79 Å². The van der Waals surface area contributed by atoms with E-state index < -0.39 is 0 Å². The lowest BCUT2D eigenvalue weighted by molar-refractivity contribution is -0.119. The van der Waals surface area contributed by atoms with Crippen LogP contribution in [0.2, 0.25) is 0 Å². The smallest absolute Gasteiger partial charge is 0.209 e. The number of carbonyl (C=O) groups excluding carboxylic acids is 1. The van der Waals surface area contributed by atoms with Crippen LogP contribution in [0.1, 0.15) is 12.7 Å². The number of carbonyl (C=O) groups is 1. The van der Waals surface area contributed by atoms with Crippen molar-refractivity contribution in [2.24, 2.45) is 0 Å². The van der Waals surface area contributed by atoms with Crippen LogP contribution in [0, 0.1) is 0 Å². The maximum absolute atomic E-state index is 10.7. The molecule has 1 fully saturated rings. The fourth-order valence-corrected chi connectivity index (χ4v) is 2.61. The Hall–Kier alpha value is -2.08. The first-order valence-corrected chi connectivity index (χ1v) is 7.31. The molecule has 0 bridgehead atoms. The van der Waals surface area contributed by atoms with Crippen LogP contribution in [-0.4, -0.2) is 59.0 Å². The van der Waals surface area contributed by atoms with Crippen molar-refractivity contribution >= 4 is 17.4 Å². The lowest BCUT2D eigenvalue weighted by Crippen LogP contribution is -2.45. The van der Waals surface area contributed by atoms with E-state index in [0.717, 1.165) is 61.7 Å². The molecule has 0 aliphatic carbocycles. The summed E-state index contributed by atoms with van der Waals surface area (Å²) < 4.78 is 5.50. The second-order valence-electron chi connectivity index (χ2n) is 5.21. The highest BCUT2D eigenvalue weighted by Gasteiger charge is 2.16. The highest BCUT2D eigenvalue weighted by Crippen LogP contribution is 2.19. The van der Waals surface area contributed by atoms with Gasteiger partial charge in [0.25, 0.3) is 0 Å². The van der Waals surface area contributed by atoms with Gasteiger partial charge < -0.3 is 14.6 Å². The molecule has 6 heteroatoms. The number of amides is 1. The second kappa shape index (κ2) is 6.13. The Morgan fingerprint density at radius 3 is 2.86 bits per heavy atom. The van der Waals surface area contributed by atoms with E-state index >= 15 is 0 Å². The number of fused-ring (bicyclic) bond motifs is 1. The molecule has 1 aromatic heterocycles.